The van der Waals surface area contributed by atoms with Gasteiger partial charge in [0, 0.05) is 37.5 Å². The second-order valence-electron chi connectivity index (χ2n) is 7.78. The first-order chi connectivity index (χ1) is 14.1. The van der Waals surface area contributed by atoms with E-state index in [4.69, 9.17) is 4.74 Å². The maximum atomic E-state index is 12.6. The second kappa shape index (κ2) is 8.63. The number of nitrogens with one attached hydrogen (secondary N) is 2. The molecule has 0 radical (unpaired) electrons. The van der Waals surface area contributed by atoms with Gasteiger partial charge in [-0.05, 0) is 56.4 Å². The normalized spacial score (nSPS) is 18.9. The molecule has 0 saturated carbocycles. The predicted molar refractivity (Wildman–Crippen MR) is 108 cm³/mol. The number of aromatic amines is 1. The molecule has 1 aromatic carbocycles. The molecule has 2 aromatic rings. The zero-order valence-electron chi connectivity index (χ0n) is 16.7. The number of hydrogen-bond donors (Lipinski definition) is 2. The van der Waals surface area contributed by atoms with E-state index in [1.54, 1.807) is 0 Å². The van der Waals surface area contributed by atoms with Gasteiger partial charge >= 0.3 is 0 Å². The molecule has 1 aromatic heterocycles. The van der Waals surface area contributed by atoms with Crippen molar-refractivity contribution in [3.8, 4) is 5.75 Å². The van der Waals surface area contributed by atoms with Gasteiger partial charge in [-0.15, -0.1) is 0 Å². The van der Waals surface area contributed by atoms with Crippen LogP contribution in [0.15, 0.2) is 18.2 Å². The minimum atomic E-state index is 0.0582. The highest BCUT2D eigenvalue weighted by Crippen LogP contribution is 2.27. The van der Waals surface area contributed by atoms with E-state index in [0.29, 0.717) is 32.4 Å². The van der Waals surface area contributed by atoms with Crippen LogP contribution in [0.4, 0.5) is 5.69 Å². The van der Waals surface area contributed by atoms with Crippen LogP contribution in [0, 0.1) is 6.92 Å². The molecule has 2 aliphatic heterocycles. The van der Waals surface area contributed by atoms with Gasteiger partial charge in [-0.3, -0.25) is 14.7 Å². The molecule has 1 saturated heterocycles. The van der Waals surface area contributed by atoms with Gasteiger partial charge in [0.25, 0.3) is 0 Å². The monoisotopic (exact) mass is 397 g/mol. The number of piperidine rings is 1. The molecule has 1 unspecified atom stereocenters. The number of aryl methyl sites for hydroxylation is 2. The highest BCUT2D eigenvalue weighted by molar-refractivity contribution is 5.94. The number of anilines is 1. The topological polar surface area (TPSA) is 100 Å². The lowest BCUT2D eigenvalue weighted by Gasteiger charge is -2.31. The number of rotatable bonds is 6. The molecule has 0 bridgehead atoms. The molecule has 4 rings (SSSR count). The van der Waals surface area contributed by atoms with E-state index in [1.807, 2.05) is 30.0 Å². The number of aromatic nitrogens is 3. The fraction of sp³-hybridized carbons (Fsp3) is 0.524. The Hall–Kier alpha value is -2.90. The predicted octanol–water partition coefficient (Wildman–Crippen LogP) is 2.56. The van der Waals surface area contributed by atoms with Crippen molar-refractivity contribution in [2.75, 3.05) is 25.0 Å². The fourth-order valence-corrected chi connectivity index (χ4v) is 3.98. The van der Waals surface area contributed by atoms with Crippen molar-refractivity contribution in [3.05, 3.63) is 35.4 Å². The summed E-state index contributed by atoms with van der Waals surface area (Å²) in [5, 5.41) is 10.0. The summed E-state index contributed by atoms with van der Waals surface area (Å²) in [7, 11) is 0. The van der Waals surface area contributed by atoms with Gasteiger partial charge in [0.15, 0.2) is 5.82 Å². The minimum absolute atomic E-state index is 0.0582. The van der Waals surface area contributed by atoms with E-state index in [2.05, 4.69) is 20.5 Å². The number of fused-ring (bicyclic) bond motifs is 1. The highest BCUT2D eigenvalue weighted by atomic mass is 16.5. The lowest BCUT2D eigenvalue weighted by molar-refractivity contribution is -0.132. The molecule has 2 N–H and O–H groups in total. The average molecular weight is 397 g/mol. The van der Waals surface area contributed by atoms with Gasteiger partial charge in [0.05, 0.1) is 6.61 Å². The van der Waals surface area contributed by atoms with Gasteiger partial charge in [-0.1, -0.05) is 0 Å². The van der Waals surface area contributed by atoms with Crippen LogP contribution in [-0.2, 0) is 16.0 Å². The molecular formula is C21H27N5O3. The van der Waals surface area contributed by atoms with Gasteiger partial charge in [0.2, 0.25) is 11.8 Å². The highest BCUT2D eigenvalue weighted by Gasteiger charge is 2.26. The Labute approximate surface area is 170 Å². The number of carbonyl (C=O) groups is 2. The molecule has 154 valence electrons. The number of H-pyrrole nitrogens is 1. The summed E-state index contributed by atoms with van der Waals surface area (Å²) in [5.74, 6) is 2.84. The van der Waals surface area contributed by atoms with Crippen LogP contribution in [0.5, 0.6) is 5.75 Å². The molecule has 0 spiro atoms. The van der Waals surface area contributed by atoms with Gasteiger partial charge in [-0.2, -0.15) is 5.10 Å². The Kier molecular flexibility index (Phi) is 5.78. The number of benzene rings is 1. The Morgan fingerprint density at radius 1 is 1.34 bits per heavy atom. The largest absolute Gasteiger partial charge is 0.494 e. The van der Waals surface area contributed by atoms with Crippen LogP contribution in [0.25, 0.3) is 0 Å². The summed E-state index contributed by atoms with van der Waals surface area (Å²) in [4.78, 5) is 30.4. The van der Waals surface area contributed by atoms with Crippen molar-refractivity contribution < 1.29 is 14.3 Å². The molecule has 1 atom stereocenters. The first-order valence-electron chi connectivity index (χ1n) is 10.3. The van der Waals surface area contributed by atoms with Crippen LogP contribution >= 0.6 is 0 Å². The molecule has 8 nitrogen and oxygen atoms in total. The third kappa shape index (κ3) is 4.75. The first kappa shape index (κ1) is 19.4. The van der Waals surface area contributed by atoms with E-state index in [0.717, 1.165) is 54.5 Å². The summed E-state index contributed by atoms with van der Waals surface area (Å²) in [6.45, 7) is 3.87. The van der Waals surface area contributed by atoms with Gasteiger partial charge in [-0.25, -0.2) is 4.98 Å². The summed E-state index contributed by atoms with van der Waals surface area (Å²) in [6.07, 6.45) is 4.38. The molecular weight excluding hydrogens is 370 g/mol. The first-order valence-corrected chi connectivity index (χ1v) is 10.3. The number of likely N-dealkylation sites (tertiary alicyclic amines) is 1. The molecule has 2 aliphatic rings. The maximum absolute atomic E-state index is 12.6. The van der Waals surface area contributed by atoms with Gasteiger partial charge < -0.3 is 15.0 Å². The third-order valence-electron chi connectivity index (χ3n) is 5.53. The van der Waals surface area contributed by atoms with Crippen molar-refractivity contribution in [2.24, 2.45) is 0 Å². The molecule has 8 heteroatoms. The van der Waals surface area contributed by atoms with Crippen molar-refractivity contribution in [1.82, 2.24) is 20.1 Å². The summed E-state index contributed by atoms with van der Waals surface area (Å²) < 4.78 is 5.82. The molecule has 1 fully saturated rings. The van der Waals surface area contributed by atoms with E-state index < -0.39 is 0 Å². The Bertz CT molecular complexity index is 894. The molecule has 2 amide bonds. The number of hydrogen-bond acceptors (Lipinski definition) is 5. The molecule has 0 aliphatic carbocycles. The van der Waals surface area contributed by atoms with E-state index in [9.17, 15) is 9.59 Å². The van der Waals surface area contributed by atoms with Crippen molar-refractivity contribution in [3.63, 3.8) is 0 Å². The molecule has 3 heterocycles. The van der Waals surface area contributed by atoms with E-state index >= 15 is 0 Å². The standard InChI is InChI=1S/C21H27N5O3/c1-14-22-21(25-24-14)16-4-2-10-26(13-16)20(28)5-3-11-29-17-7-8-18-15(12-17)6-9-19(27)23-18/h7-8,12,16H,2-6,9-11,13H2,1H3,(H,23,27)(H,22,24,25). The number of ether oxygens (including phenoxy) is 1. The third-order valence-corrected chi connectivity index (χ3v) is 5.53. The summed E-state index contributed by atoms with van der Waals surface area (Å²) in [5.41, 5.74) is 1.96. The summed E-state index contributed by atoms with van der Waals surface area (Å²) in [6, 6.07) is 5.72. The number of carbonyl (C=O) groups excluding carboxylic acids is 2. The van der Waals surface area contributed by atoms with Crippen LogP contribution in [0.2, 0.25) is 0 Å². The quantitative estimate of drug-likeness (QED) is 0.730. The average Bonchev–Trinajstić information content (AvgIpc) is 3.17. The Morgan fingerprint density at radius 2 is 2.24 bits per heavy atom. The van der Waals surface area contributed by atoms with Crippen LogP contribution in [0.1, 0.15) is 55.2 Å². The maximum Gasteiger partial charge on any atom is 0.224 e. The Morgan fingerprint density at radius 3 is 3.07 bits per heavy atom. The van der Waals surface area contributed by atoms with Crippen LogP contribution in [-0.4, -0.2) is 51.6 Å². The lowest BCUT2D eigenvalue weighted by Crippen LogP contribution is -2.39. The molecule has 29 heavy (non-hydrogen) atoms. The fourth-order valence-electron chi connectivity index (χ4n) is 3.98. The Balaban J connectivity index is 1.22. The van der Waals surface area contributed by atoms with Crippen molar-refractivity contribution in [2.45, 2.75) is 51.4 Å². The van der Waals surface area contributed by atoms with Crippen LogP contribution in [0.3, 0.4) is 0 Å². The van der Waals surface area contributed by atoms with Crippen molar-refractivity contribution in [1.29, 1.82) is 0 Å². The van der Waals surface area contributed by atoms with E-state index in [-0.39, 0.29) is 17.7 Å². The zero-order chi connectivity index (χ0) is 20.2. The van der Waals surface area contributed by atoms with Gasteiger partial charge in [0.1, 0.15) is 11.6 Å². The number of amides is 2. The zero-order valence-corrected chi connectivity index (χ0v) is 16.7. The minimum Gasteiger partial charge on any atom is -0.494 e. The van der Waals surface area contributed by atoms with Crippen LogP contribution < -0.4 is 10.1 Å². The number of nitrogens with zero attached hydrogens (tertiary/aromatic N) is 3. The van der Waals surface area contributed by atoms with E-state index in [1.165, 1.54) is 0 Å². The summed E-state index contributed by atoms with van der Waals surface area (Å²) >= 11 is 0. The van der Waals surface area contributed by atoms with Crippen molar-refractivity contribution >= 4 is 17.5 Å². The smallest absolute Gasteiger partial charge is 0.224 e. The SMILES string of the molecule is Cc1nc(C2CCCN(C(=O)CCCOc3ccc4c(c3)CCC(=O)N4)C2)n[nH]1. The second-order valence-corrected chi connectivity index (χ2v) is 7.78. The lowest BCUT2D eigenvalue weighted by atomic mass is 9.97.